The van der Waals surface area contributed by atoms with Crippen molar-refractivity contribution >= 4 is 44.0 Å². The van der Waals surface area contributed by atoms with Gasteiger partial charge in [-0.05, 0) is 80.4 Å². The number of piperidine rings is 1. The number of nitrogens with zero attached hydrogens (tertiary/aromatic N) is 2. The van der Waals surface area contributed by atoms with E-state index in [-0.39, 0.29) is 65.5 Å². The third-order valence-corrected chi connectivity index (χ3v) is 9.68. The van der Waals surface area contributed by atoms with Gasteiger partial charge in [-0.1, -0.05) is 6.07 Å². The van der Waals surface area contributed by atoms with Crippen LogP contribution in [-0.2, 0) is 20.8 Å². The molecule has 0 unspecified atom stereocenters. The minimum atomic E-state index is -4.57. The summed E-state index contributed by atoms with van der Waals surface area (Å²) < 4.78 is 84.1. The Morgan fingerprint density at radius 3 is 2.27 bits per heavy atom. The number of ether oxygens (including phenoxy) is 1. The summed E-state index contributed by atoms with van der Waals surface area (Å²) in [6.45, 7) is 2.14. The zero-order valence-corrected chi connectivity index (χ0v) is 24.2. The number of amides is 1. The monoisotopic (exact) mass is 629 g/mol. The molecular formula is C31H27F4N3O5S. The number of carbonyl (C=O) groups excluding carboxylic acids is 2. The lowest BCUT2D eigenvalue weighted by Crippen LogP contribution is -2.42. The lowest BCUT2D eigenvalue weighted by molar-refractivity contribution is -0.137. The van der Waals surface area contributed by atoms with Crippen molar-refractivity contribution in [3.8, 4) is 0 Å². The zero-order chi connectivity index (χ0) is 31.6. The van der Waals surface area contributed by atoms with E-state index in [1.54, 1.807) is 36.1 Å². The van der Waals surface area contributed by atoms with Crippen LogP contribution in [0, 0.1) is 5.82 Å². The standard InChI is InChI=1S/C31H27F4N3O5S/c1-2-43-30(40)26-18-36-27-17-20(31(33,34)35)5-12-25(27)28(26)37-22-8-3-19(4-9-22)29(39)38-15-13-24(14-16-38)44(41,42)23-10-6-21(32)7-11-23/h3-12,17-18,24H,2,13-16H2,1H3,(H,36,37). The minimum Gasteiger partial charge on any atom is -0.462 e. The molecule has 5 rings (SSSR count). The molecule has 4 aromatic rings. The van der Waals surface area contributed by atoms with Crippen molar-refractivity contribution < 1.29 is 40.3 Å². The molecule has 230 valence electrons. The molecule has 1 amide bonds. The number of alkyl halides is 3. The van der Waals surface area contributed by atoms with Crippen LogP contribution in [0.5, 0.6) is 0 Å². The van der Waals surface area contributed by atoms with E-state index < -0.39 is 38.6 Å². The molecule has 0 spiro atoms. The van der Waals surface area contributed by atoms with Crippen molar-refractivity contribution in [1.82, 2.24) is 9.88 Å². The number of nitrogens with one attached hydrogen (secondary N) is 1. The SMILES string of the molecule is CCOC(=O)c1cnc2cc(C(F)(F)F)ccc2c1Nc1ccc(C(=O)N2CCC(S(=O)(=O)c3ccc(F)cc3)CC2)cc1. The Morgan fingerprint density at radius 1 is 1.00 bits per heavy atom. The largest absolute Gasteiger partial charge is 0.462 e. The van der Waals surface area contributed by atoms with Gasteiger partial charge in [0.05, 0.1) is 33.5 Å². The molecule has 1 aromatic heterocycles. The van der Waals surface area contributed by atoms with Crippen molar-refractivity contribution in [1.29, 1.82) is 0 Å². The first-order chi connectivity index (χ1) is 20.9. The molecule has 1 N–H and O–H groups in total. The summed E-state index contributed by atoms with van der Waals surface area (Å²) in [6, 6.07) is 14.0. The Balaban J connectivity index is 1.32. The van der Waals surface area contributed by atoms with E-state index in [1.165, 1.54) is 18.2 Å². The fourth-order valence-electron chi connectivity index (χ4n) is 5.08. The maximum atomic E-state index is 13.3. The van der Waals surface area contributed by atoms with Crippen LogP contribution in [0.4, 0.5) is 28.9 Å². The molecule has 8 nitrogen and oxygen atoms in total. The Labute approximate surface area is 250 Å². The lowest BCUT2D eigenvalue weighted by Gasteiger charge is -2.32. The maximum absolute atomic E-state index is 13.3. The van der Waals surface area contributed by atoms with Crippen LogP contribution in [0.2, 0.25) is 0 Å². The number of benzene rings is 3. The van der Waals surface area contributed by atoms with E-state index in [0.29, 0.717) is 11.3 Å². The van der Waals surface area contributed by atoms with E-state index in [2.05, 4.69) is 10.3 Å². The van der Waals surface area contributed by atoms with Gasteiger partial charge in [0.25, 0.3) is 5.91 Å². The zero-order valence-electron chi connectivity index (χ0n) is 23.4. The average Bonchev–Trinajstić information content (AvgIpc) is 3.01. The molecule has 2 heterocycles. The molecule has 1 aliphatic heterocycles. The predicted octanol–water partition coefficient (Wildman–Crippen LogP) is 6.39. The first-order valence-electron chi connectivity index (χ1n) is 13.7. The van der Waals surface area contributed by atoms with Crippen molar-refractivity contribution in [3.63, 3.8) is 0 Å². The number of halogens is 4. The second kappa shape index (κ2) is 12.2. The molecule has 44 heavy (non-hydrogen) atoms. The fourth-order valence-corrected chi connectivity index (χ4v) is 6.81. The summed E-state index contributed by atoms with van der Waals surface area (Å²) in [4.78, 5) is 31.5. The highest BCUT2D eigenvalue weighted by Crippen LogP contribution is 2.35. The van der Waals surface area contributed by atoms with Gasteiger partial charge in [-0.2, -0.15) is 13.2 Å². The summed E-state index contributed by atoms with van der Waals surface area (Å²) in [6.07, 6.45) is -2.96. The van der Waals surface area contributed by atoms with Crippen molar-refractivity contribution in [2.45, 2.75) is 36.1 Å². The summed E-state index contributed by atoms with van der Waals surface area (Å²) >= 11 is 0. The third kappa shape index (κ3) is 6.37. The first-order valence-corrected chi connectivity index (χ1v) is 15.3. The highest BCUT2D eigenvalue weighted by Gasteiger charge is 2.33. The molecule has 0 radical (unpaired) electrons. The van der Waals surface area contributed by atoms with Crippen LogP contribution in [0.15, 0.2) is 77.8 Å². The Kier molecular flexibility index (Phi) is 8.60. The predicted molar refractivity (Wildman–Crippen MR) is 155 cm³/mol. The van der Waals surface area contributed by atoms with Crippen molar-refractivity contribution in [2.75, 3.05) is 25.0 Å². The maximum Gasteiger partial charge on any atom is 0.416 e. The summed E-state index contributed by atoms with van der Waals surface area (Å²) in [5.74, 6) is -1.53. The van der Waals surface area contributed by atoms with E-state index in [1.807, 2.05) is 0 Å². The number of sulfone groups is 1. The Bertz CT molecular complexity index is 1800. The van der Waals surface area contributed by atoms with Gasteiger partial charge in [0.15, 0.2) is 9.84 Å². The van der Waals surface area contributed by atoms with Gasteiger partial charge in [0.1, 0.15) is 11.4 Å². The number of anilines is 2. The minimum absolute atomic E-state index is 0.0204. The van der Waals surface area contributed by atoms with Gasteiger partial charge in [-0.15, -0.1) is 0 Å². The molecular weight excluding hydrogens is 602 g/mol. The van der Waals surface area contributed by atoms with E-state index >= 15 is 0 Å². The molecule has 1 aliphatic rings. The number of hydrogen-bond donors (Lipinski definition) is 1. The fraction of sp³-hybridized carbons (Fsp3) is 0.258. The topological polar surface area (TPSA) is 106 Å². The number of rotatable bonds is 7. The smallest absolute Gasteiger partial charge is 0.416 e. The molecule has 0 saturated carbocycles. The number of pyridine rings is 1. The van der Waals surface area contributed by atoms with Gasteiger partial charge >= 0.3 is 12.1 Å². The van der Waals surface area contributed by atoms with Crippen molar-refractivity contribution in [2.24, 2.45) is 0 Å². The quantitative estimate of drug-likeness (QED) is 0.143. The van der Waals surface area contributed by atoms with Crippen LogP contribution in [-0.4, -0.2) is 55.1 Å². The van der Waals surface area contributed by atoms with E-state index in [0.717, 1.165) is 30.5 Å². The third-order valence-electron chi connectivity index (χ3n) is 7.40. The normalized spacial score (nSPS) is 14.4. The number of carbonyl (C=O) groups is 2. The molecule has 1 fully saturated rings. The van der Waals surface area contributed by atoms with Crippen LogP contribution in [0.1, 0.15) is 46.0 Å². The van der Waals surface area contributed by atoms with Gasteiger partial charge in [-0.3, -0.25) is 9.78 Å². The van der Waals surface area contributed by atoms with Crippen LogP contribution < -0.4 is 5.32 Å². The summed E-state index contributed by atoms with van der Waals surface area (Å²) in [5, 5.41) is 2.63. The van der Waals surface area contributed by atoms with E-state index in [9.17, 15) is 35.6 Å². The molecule has 13 heteroatoms. The Hall–Kier alpha value is -4.52. The summed E-state index contributed by atoms with van der Waals surface area (Å²) in [5.41, 5.74) is 0.154. The molecule has 0 aliphatic carbocycles. The van der Waals surface area contributed by atoms with Gasteiger partial charge in [0.2, 0.25) is 0 Å². The highest BCUT2D eigenvalue weighted by molar-refractivity contribution is 7.92. The van der Waals surface area contributed by atoms with E-state index in [4.69, 9.17) is 4.74 Å². The van der Waals surface area contributed by atoms with Gasteiger partial charge in [-0.25, -0.2) is 17.6 Å². The van der Waals surface area contributed by atoms with Crippen molar-refractivity contribution in [3.05, 3.63) is 95.4 Å². The van der Waals surface area contributed by atoms with Crippen LogP contribution in [0.25, 0.3) is 10.9 Å². The number of hydrogen-bond acceptors (Lipinski definition) is 7. The second-order valence-corrected chi connectivity index (χ2v) is 12.4. The first kappa shape index (κ1) is 30.9. The second-order valence-electron chi connectivity index (χ2n) is 10.2. The number of esters is 1. The van der Waals surface area contributed by atoms with Crippen LogP contribution >= 0.6 is 0 Å². The summed E-state index contributed by atoms with van der Waals surface area (Å²) in [7, 11) is -3.67. The number of likely N-dealkylation sites (tertiary alicyclic amines) is 1. The highest BCUT2D eigenvalue weighted by atomic mass is 32.2. The van der Waals surface area contributed by atoms with Crippen LogP contribution in [0.3, 0.4) is 0 Å². The molecule has 0 atom stereocenters. The molecule has 3 aromatic carbocycles. The number of fused-ring (bicyclic) bond motifs is 1. The average molecular weight is 630 g/mol. The molecule has 1 saturated heterocycles. The van der Waals surface area contributed by atoms with Gasteiger partial charge in [0, 0.05) is 35.9 Å². The molecule has 0 bridgehead atoms. The Morgan fingerprint density at radius 2 is 1.66 bits per heavy atom. The van der Waals surface area contributed by atoms with Gasteiger partial charge < -0.3 is 15.0 Å². The lowest BCUT2D eigenvalue weighted by atomic mass is 10.1. The number of aromatic nitrogens is 1.